The highest BCUT2D eigenvalue weighted by Crippen LogP contribution is 2.29. The van der Waals surface area contributed by atoms with Gasteiger partial charge in [-0.3, -0.25) is 0 Å². The molecule has 0 bridgehead atoms. The molecular formula is C14H20ClNO3S. The number of hydrogen-bond acceptors (Lipinski definition) is 3. The molecule has 20 heavy (non-hydrogen) atoms. The summed E-state index contributed by atoms with van der Waals surface area (Å²) < 4.78 is 27.1. The largest absolute Gasteiger partial charge is 0.393 e. The smallest absolute Gasteiger partial charge is 0.243 e. The zero-order chi connectivity index (χ0) is 14.9. The summed E-state index contributed by atoms with van der Waals surface area (Å²) in [5.74, 6) is 0. The van der Waals surface area contributed by atoms with E-state index in [2.05, 4.69) is 0 Å². The van der Waals surface area contributed by atoms with E-state index in [0.717, 1.165) is 0 Å². The molecule has 0 aromatic heterocycles. The highest BCUT2D eigenvalue weighted by atomic mass is 35.5. The molecule has 1 heterocycles. The van der Waals surface area contributed by atoms with Gasteiger partial charge in [0, 0.05) is 17.6 Å². The van der Waals surface area contributed by atoms with Gasteiger partial charge < -0.3 is 5.11 Å². The van der Waals surface area contributed by atoms with Crippen LogP contribution in [0.4, 0.5) is 0 Å². The quantitative estimate of drug-likeness (QED) is 0.932. The number of benzene rings is 1. The minimum absolute atomic E-state index is 0.140. The van der Waals surface area contributed by atoms with Crippen molar-refractivity contribution < 1.29 is 13.5 Å². The van der Waals surface area contributed by atoms with Gasteiger partial charge in [0.15, 0.2) is 0 Å². The van der Waals surface area contributed by atoms with Gasteiger partial charge >= 0.3 is 0 Å². The SMILES string of the molecule is CC[C@H]1C[C@@H](O)CCN1S(=O)(=O)c1ccc(Cl)cc1C. The molecule has 1 aliphatic rings. The lowest BCUT2D eigenvalue weighted by Crippen LogP contribution is -2.47. The first-order valence-corrected chi connectivity index (χ1v) is 8.64. The van der Waals surface area contributed by atoms with Crippen molar-refractivity contribution in [3.63, 3.8) is 0 Å². The molecule has 1 aliphatic heterocycles. The molecule has 2 atom stereocenters. The van der Waals surface area contributed by atoms with Gasteiger partial charge in [-0.05, 0) is 49.9 Å². The number of aliphatic hydroxyl groups excluding tert-OH is 1. The number of aryl methyl sites for hydroxylation is 1. The second-order valence-electron chi connectivity index (χ2n) is 5.27. The number of sulfonamides is 1. The van der Waals surface area contributed by atoms with E-state index in [9.17, 15) is 13.5 Å². The van der Waals surface area contributed by atoms with Crippen molar-refractivity contribution in [1.82, 2.24) is 4.31 Å². The number of halogens is 1. The molecule has 1 aromatic rings. The number of rotatable bonds is 3. The molecule has 1 N–H and O–H groups in total. The van der Waals surface area contributed by atoms with Gasteiger partial charge in [-0.15, -0.1) is 0 Å². The van der Waals surface area contributed by atoms with E-state index < -0.39 is 16.1 Å². The summed E-state index contributed by atoms with van der Waals surface area (Å²) in [6, 6.07) is 4.68. The molecule has 1 aromatic carbocycles. The van der Waals surface area contributed by atoms with Crippen LogP contribution in [0.15, 0.2) is 23.1 Å². The van der Waals surface area contributed by atoms with Gasteiger partial charge in [-0.1, -0.05) is 18.5 Å². The van der Waals surface area contributed by atoms with Gasteiger partial charge in [-0.2, -0.15) is 4.31 Å². The molecule has 0 saturated carbocycles. The van der Waals surface area contributed by atoms with E-state index in [1.807, 2.05) is 6.92 Å². The van der Waals surface area contributed by atoms with E-state index in [0.29, 0.717) is 41.3 Å². The fourth-order valence-corrected chi connectivity index (χ4v) is 4.88. The van der Waals surface area contributed by atoms with Crippen LogP contribution in [0, 0.1) is 6.92 Å². The third-order valence-electron chi connectivity index (χ3n) is 3.83. The Labute approximate surface area is 125 Å². The summed E-state index contributed by atoms with van der Waals surface area (Å²) in [6.45, 7) is 4.06. The number of nitrogens with zero attached hydrogens (tertiary/aromatic N) is 1. The zero-order valence-corrected chi connectivity index (χ0v) is 13.3. The number of aliphatic hydroxyl groups is 1. The first-order chi connectivity index (χ1) is 9.36. The Morgan fingerprint density at radius 2 is 2.15 bits per heavy atom. The third kappa shape index (κ3) is 3.01. The maximum absolute atomic E-state index is 12.8. The fourth-order valence-electron chi connectivity index (χ4n) is 2.72. The summed E-state index contributed by atoms with van der Waals surface area (Å²) in [5, 5.41) is 10.2. The maximum atomic E-state index is 12.8. The average Bonchev–Trinajstić information content (AvgIpc) is 2.37. The van der Waals surface area contributed by atoms with Crippen molar-refractivity contribution in [2.45, 2.75) is 50.2 Å². The number of hydrogen-bond donors (Lipinski definition) is 1. The predicted molar refractivity (Wildman–Crippen MR) is 79.4 cm³/mol. The van der Waals surface area contributed by atoms with Crippen molar-refractivity contribution in [1.29, 1.82) is 0 Å². The monoisotopic (exact) mass is 317 g/mol. The maximum Gasteiger partial charge on any atom is 0.243 e. The Morgan fingerprint density at radius 3 is 2.75 bits per heavy atom. The molecule has 0 radical (unpaired) electrons. The van der Waals surface area contributed by atoms with Crippen molar-refractivity contribution >= 4 is 21.6 Å². The first kappa shape index (κ1) is 15.8. The van der Waals surface area contributed by atoms with Gasteiger partial charge in [0.05, 0.1) is 11.0 Å². The van der Waals surface area contributed by atoms with Crippen LogP contribution in [0.25, 0.3) is 0 Å². The summed E-state index contributed by atoms with van der Waals surface area (Å²) in [7, 11) is -3.53. The van der Waals surface area contributed by atoms with Gasteiger partial charge in [0.2, 0.25) is 10.0 Å². The molecule has 2 rings (SSSR count). The van der Waals surface area contributed by atoms with Crippen LogP contribution < -0.4 is 0 Å². The van der Waals surface area contributed by atoms with E-state index in [4.69, 9.17) is 11.6 Å². The summed E-state index contributed by atoms with van der Waals surface area (Å²) in [4.78, 5) is 0.303. The van der Waals surface area contributed by atoms with Crippen LogP contribution in [0.5, 0.6) is 0 Å². The Bertz CT molecular complexity index is 588. The second kappa shape index (κ2) is 6.02. The van der Waals surface area contributed by atoms with Gasteiger partial charge in [0.1, 0.15) is 0 Å². The van der Waals surface area contributed by atoms with Crippen molar-refractivity contribution in [2.75, 3.05) is 6.54 Å². The lowest BCUT2D eigenvalue weighted by Gasteiger charge is -2.36. The Kier molecular flexibility index (Phi) is 4.74. The molecule has 0 amide bonds. The van der Waals surface area contributed by atoms with Crippen molar-refractivity contribution in [2.24, 2.45) is 0 Å². The highest BCUT2D eigenvalue weighted by Gasteiger charge is 2.35. The predicted octanol–water partition coefficient (Wildman–Crippen LogP) is 2.57. The first-order valence-electron chi connectivity index (χ1n) is 6.82. The number of piperidine rings is 1. The lowest BCUT2D eigenvalue weighted by atomic mass is 10.0. The molecule has 0 spiro atoms. The van der Waals surface area contributed by atoms with E-state index in [1.165, 1.54) is 4.31 Å². The van der Waals surface area contributed by atoms with Crippen LogP contribution in [0.3, 0.4) is 0 Å². The fraction of sp³-hybridized carbons (Fsp3) is 0.571. The molecule has 6 heteroatoms. The van der Waals surface area contributed by atoms with Crippen LogP contribution in [0.2, 0.25) is 5.02 Å². The normalized spacial score (nSPS) is 24.8. The van der Waals surface area contributed by atoms with Crippen LogP contribution >= 0.6 is 11.6 Å². The highest BCUT2D eigenvalue weighted by molar-refractivity contribution is 7.89. The summed E-state index contributed by atoms with van der Waals surface area (Å²) in [5.41, 5.74) is 0.651. The third-order valence-corrected chi connectivity index (χ3v) is 6.18. The Balaban J connectivity index is 2.38. The Morgan fingerprint density at radius 1 is 1.45 bits per heavy atom. The average molecular weight is 318 g/mol. The van der Waals surface area contributed by atoms with E-state index in [-0.39, 0.29) is 6.04 Å². The molecule has 0 aliphatic carbocycles. The lowest BCUT2D eigenvalue weighted by molar-refractivity contribution is 0.0797. The van der Waals surface area contributed by atoms with Crippen LogP contribution in [0.1, 0.15) is 31.7 Å². The molecule has 1 saturated heterocycles. The van der Waals surface area contributed by atoms with Gasteiger partial charge in [-0.25, -0.2) is 8.42 Å². The second-order valence-corrected chi connectivity index (χ2v) is 7.56. The van der Waals surface area contributed by atoms with Crippen molar-refractivity contribution in [3.8, 4) is 0 Å². The minimum atomic E-state index is -3.53. The summed E-state index contributed by atoms with van der Waals surface area (Å²) in [6.07, 6.45) is 1.28. The standard InChI is InChI=1S/C14H20ClNO3S/c1-3-12-9-13(17)6-7-16(12)20(18,19)14-5-4-11(15)8-10(14)2/h4-5,8,12-13,17H,3,6-7,9H2,1-2H3/t12-,13-/m0/s1. The van der Waals surface area contributed by atoms with E-state index >= 15 is 0 Å². The minimum Gasteiger partial charge on any atom is -0.393 e. The Hall–Kier alpha value is -0.620. The zero-order valence-electron chi connectivity index (χ0n) is 11.7. The molecule has 0 unspecified atom stereocenters. The van der Waals surface area contributed by atoms with Crippen LogP contribution in [-0.4, -0.2) is 36.5 Å². The molecular weight excluding hydrogens is 298 g/mol. The molecule has 112 valence electrons. The summed E-state index contributed by atoms with van der Waals surface area (Å²) >= 11 is 5.89. The van der Waals surface area contributed by atoms with Crippen LogP contribution in [-0.2, 0) is 10.0 Å². The topological polar surface area (TPSA) is 57.6 Å². The van der Waals surface area contributed by atoms with Gasteiger partial charge in [0.25, 0.3) is 0 Å². The molecule has 1 fully saturated rings. The van der Waals surface area contributed by atoms with Crippen molar-refractivity contribution in [3.05, 3.63) is 28.8 Å². The molecule has 4 nitrogen and oxygen atoms in total. The van der Waals surface area contributed by atoms with E-state index in [1.54, 1.807) is 25.1 Å².